The molecule has 0 fully saturated rings. The van der Waals surface area contributed by atoms with Gasteiger partial charge in [-0.2, -0.15) is 0 Å². The Morgan fingerprint density at radius 2 is 0.750 bits per heavy atom. The minimum Gasteiger partial charge on any atom is -0.300 e. The van der Waals surface area contributed by atoms with Gasteiger partial charge in [-0.05, 0) is 122 Å². The van der Waals surface area contributed by atoms with Gasteiger partial charge < -0.3 is 0 Å². The van der Waals surface area contributed by atoms with Gasteiger partial charge in [-0.15, -0.1) is 143 Å². The molecular formula is C11H43BrO2P30. The normalized spacial score (nSPS) is 12.8. The summed E-state index contributed by atoms with van der Waals surface area (Å²) in [4.78, 5) is 21.9. The molecule has 0 radical (unpaired) electrons. The van der Waals surface area contributed by atoms with E-state index in [0.717, 1.165) is 10.0 Å². The lowest BCUT2D eigenvalue weighted by atomic mass is 10.1. The predicted molar refractivity (Wildman–Crippen MR) is 310 cm³/mol. The Labute approximate surface area is 328 Å². The van der Waals surface area contributed by atoms with Gasteiger partial charge in [-0.1, -0.05) is 28.1 Å². The van der Waals surface area contributed by atoms with Crippen LogP contribution in [-0.2, 0) is 16.0 Å². The third-order valence-electron chi connectivity index (χ3n) is 4.21. The second-order valence-electron chi connectivity index (χ2n) is 7.87. The first-order valence-electron chi connectivity index (χ1n) is 11.1. The van der Waals surface area contributed by atoms with Crippen molar-refractivity contribution in [3.05, 3.63) is 34.3 Å². The molecular weight excluding hydrogens is 1170 g/mol. The smallest absolute Gasteiger partial charge is 0.144 e. The highest BCUT2D eigenvalue weighted by atomic mass is 79.9. The molecule has 44 heavy (non-hydrogen) atoms. The molecule has 0 saturated heterocycles. The van der Waals surface area contributed by atoms with Crippen LogP contribution in [0, 0.1) is 0 Å². The van der Waals surface area contributed by atoms with E-state index in [1.807, 2.05) is 24.3 Å². The number of benzene rings is 1. The summed E-state index contributed by atoms with van der Waals surface area (Å²) in [6.45, 7) is 1.18. The maximum Gasteiger partial charge on any atom is 0.144 e. The monoisotopic (exact) mass is 1220 g/mol. The van der Waals surface area contributed by atoms with Crippen LogP contribution in [0.4, 0.5) is 0 Å². The zero-order valence-corrected chi connectivity index (χ0v) is 56.0. The van der Waals surface area contributed by atoms with Gasteiger partial charge in [0.15, 0.2) is 0 Å². The Kier molecular flexibility index (Phi) is 39.3. The molecule has 0 aliphatic heterocycles. The summed E-state index contributed by atoms with van der Waals surface area (Å²) in [5, 5.41) is 0. The number of carbonyl (C=O) groups excluding carboxylic acids is 2. The summed E-state index contributed by atoms with van der Waals surface area (Å²) in [6.07, 6.45) is 0.378. The molecule has 2 nitrogen and oxygen atoms in total. The van der Waals surface area contributed by atoms with E-state index in [4.69, 9.17) is 0 Å². The molecule has 16 atom stereocenters. The van der Waals surface area contributed by atoms with Gasteiger partial charge >= 0.3 is 0 Å². The Morgan fingerprint density at radius 3 is 0.955 bits per heavy atom. The first-order valence-corrected chi connectivity index (χ1v) is 65.7. The van der Waals surface area contributed by atoms with E-state index in [1.54, 1.807) is 0 Å². The van der Waals surface area contributed by atoms with Crippen molar-refractivity contribution >= 4 is 268 Å². The van der Waals surface area contributed by atoms with Crippen molar-refractivity contribution < 1.29 is 9.59 Å². The van der Waals surface area contributed by atoms with E-state index in [2.05, 4.69) is 159 Å². The maximum absolute atomic E-state index is 11.3. The summed E-state index contributed by atoms with van der Waals surface area (Å²) >= 11 is 3.31. The fraction of sp³-hybridized carbons (Fsp3) is 0.273. The summed E-state index contributed by atoms with van der Waals surface area (Å²) < 4.78 is 0.986. The largest absolute Gasteiger partial charge is 0.300 e. The van der Waals surface area contributed by atoms with Gasteiger partial charge in [0.1, 0.15) is 11.6 Å². The number of carbonyl (C=O) groups is 2. The van der Waals surface area contributed by atoms with Crippen LogP contribution in [0.5, 0.6) is 0 Å². The number of halogens is 1. The van der Waals surface area contributed by atoms with Gasteiger partial charge in [0.05, 0.1) is 6.42 Å². The first-order chi connectivity index (χ1) is 20.1. The molecule has 1 rings (SSSR count). The predicted octanol–water partition coefficient (Wildman–Crippen LogP) is 19.8. The summed E-state index contributed by atoms with van der Waals surface area (Å²) in [5.74, 6) is -0.105. The fourth-order valence-electron chi connectivity index (χ4n) is 2.82. The topological polar surface area (TPSA) is 34.1 Å². The average molecular weight is 1220 g/mol. The molecule has 0 spiro atoms. The third-order valence-corrected chi connectivity index (χ3v) is 201. The number of hydrogen-bond donors (Lipinski definition) is 0. The summed E-state index contributed by atoms with van der Waals surface area (Å²) in [7, 11) is 52.6. The lowest BCUT2D eigenvalue weighted by molar-refractivity contribution is -0.125. The molecule has 16 unspecified atom stereocenters. The van der Waals surface area contributed by atoms with Gasteiger partial charge in [-0.3, -0.25) is 9.59 Å². The van der Waals surface area contributed by atoms with Crippen LogP contribution in [0.3, 0.4) is 0 Å². The Bertz CT molecular complexity index is 858. The highest BCUT2D eigenvalue weighted by Crippen LogP contribution is 3.38. The number of rotatable bonds is 17. The number of hydrogen-bond acceptors (Lipinski definition) is 2. The molecule has 0 saturated carbocycles. The molecule has 0 aliphatic rings. The molecule has 0 aliphatic carbocycles. The van der Waals surface area contributed by atoms with Crippen LogP contribution >= 0.6 is 257 Å². The Hall–Kier alpha value is 11.9. The third kappa shape index (κ3) is 22.5. The molecule has 0 bridgehead atoms. The van der Waals surface area contributed by atoms with Crippen LogP contribution in [-0.4, -0.2) is 11.6 Å². The van der Waals surface area contributed by atoms with Crippen LogP contribution in [0.1, 0.15) is 18.9 Å². The van der Waals surface area contributed by atoms with Crippen molar-refractivity contribution in [1.29, 1.82) is 0 Å². The standard InChI is InChI=1S/C11H11BrO2.H32P30/c1-8(13)6-11(14)7-9-2-4-10(12)5-3-9;1-17(2)25(18(3)4)29(26(19(5)6)20(7)8)30(27(21(9)10)22(11)12)28(23(13)14)24(15)16/h2-5H,6-7H2,1H3;1-16H2. The molecule has 33 heteroatoms. The molecule has 0 heterocycles. The van der Waals surface area contributed by atoms with E-state index >= 15 is 0 Å². The molecule has 0 aromatic heterocycles. The summed E-state index contributed by atoms with van der Waals surface area (Å²) in [6, 6.07) is 7.52. The van der Waals surface area contributed by atoms with Crippen molar-refractivity contribution in [2.75, 3.05) is 0 Å². The van der Waals surface area contributed by atoms with E-state index in [1.165, 1.54) is 6.92 Å². The van der Waals surface area contributed by atoms with Crippen LogP contribution in [0.15, 0.2) is 28.7 Å². The molecule has 1 aromatic carbocycles. The lowest BCUT2D eigenvalue weighted by Crippen LogP contribution is -2.07. The zero-order valence-electron chi connectivity index (χ0n) is 23.4. The molecule has 0 N–H and O–H groups in total. The van der Waals surface area contributed by atoms with Gasteiger partial charge in [0.25, 0.3) is 0 Å². The molecule has 256 valence electrons. The summed E-state index contributed by atoms with van der Waals surface area (Å²) in [5.41, 5.74) is 0.944. The second-order valence-corrected chi connectivity index (χ2v) is 130. The first kappa shape index (κ1) is 55.9. The van der Waals surface area contributed by atoms with E-state index < -0.39 is 0 Å². The lowest BCUT2D eigenvalue weighted by Gasteiger charge is -2.52. The van der Waals surface area contributed by atoms with Gasteiger partial charge in [-0.25, -0.2) is 0 Å². The van der Waals surface area contributed by atoms with Gasteiger partial charge in [0, 0.05) is 10.9 Å². The van der Waals surface area contributed by atoms with Crippen molar-refractivity contribution in [2.24, 2.45) is 0 Å². The van der Waals surface area contributed by atoms with Crippen molar-refractivity contribution in [3.8, 4) is 0 Å². The highest BCUT2D eigenvalue weighted by Gasteiger charge is 2.50. The highest BCUT2D eigenvalue weighted by molar-refractivity contribution is 9.44. The Balaban J connectivity index is 0.00000109. The quantitative estimate of drug-likeness (QED) is 0.115. The number of ketones is 2. The maximum atomic E-state index is 11.3. The van der Waals surface area contributed by atoms with Gasteiger partial charge in [0.2, 0.25) is 0 Å². The minimum absolute atomic E-state index is 0.0279. The second kappa shape index (κ2) is 30.9. The van der Waals surface area contributed by atoms with Crippen molar-refractivity contribution in [3.63, 3.8) is 0 Å². The fourth-order valence-corrected chi connectivity index (χ4v) is 401. The SMILES string of the molecule is CC(=O)CC(=O)Cc1ccc(Br)cc1.PP(P)P(P(P)P)P(P(P(P)P)P(P)P)P(P(P(P)P)P(P)P)P(P(P)P)P(P)P. The van der Waals surface area contributed by atoms with E-state index in [9.17, 15) is 9.59 Å². The van der Waals surface area contributed by atoms with Crippen LogP contribution in [0.2, 0.25) is 0 Å². The van der Waals surface area contributed by atoms with Crippen LogP contribution < -0.4 is 0 Å². The van der Waals surface area contributed by atoms with Crippen molar-refractivity contribution in [2.45, 2.75) is 19.8 Å². The van der Waals surface area contributed by atoms with E-state index in [0.29, 0.717) is 6.42 Å². The zero-order chi connectivity index (χ0) is 34.6. The molecule has 0 amide bonds. The van der Waals surface area contributed by atoms with Crippen LogP contribution in [0.25, 0.3) is 0 Å². The Morgan fingerprint density at radius 1 is 0.500 bits per heavy atom. The average Bonchev–Trinajstić information content (AvgIpc) is 2.82. The number of Topliss-reactive ketones (excluding diaryl/α,β-unsaturated/α-hetero) is 2. The van der Waals surface area contributed by atoms with Crippen molar-refractivity contribution in [1.82, 2.24) is 0 Å². The minimum atomic E-state index is -0.0767. The van der Waals surface area contributed by atoms with E-state index in [-0.39, 0.29) is 116 Å². The molecule has 1 aromatic rings.